The molecule has 6 rings (SSSR count). The molecule has 0 radical (unpaired) electrons. The Balaban J connectivity index is 1.43. The van der Waals surface area contributed by atoms with Crippen LogP contribution in [0.15, 0.2) is 78.3 Å². The molecule has 2 aliphatic heterocycles. The maximum atomic E-state index is 9.98. The van der Waals surface area contributed by atoms with Crippen molar-refractivity contribution >= 4 is 0 Å². The number of hydrogen-bond donors (Lipinski definition) is 2. The molecule has 3 aromatic rings. The van der Waals surface area contributed by atoms with Gasteiger partial charge in [-0.15, -0.1) is 0 Å². The van der Waals surface area contributed by atoms with Crippen LogP contribution in [0.4, 0.5) is 0 Å². The maximum Gasteiger partial charge on any atom is 0.214 e. The van der Waals surface area contributed by atoms with Gasteiger partial charge in [-0.25, -0.2) is 20.4 Å². The summed E-state index contributed by atoms with van der Waals surface area (Å²) in [6.45, 7) is 0. The standard InChI is InChI=1S/C24H22N8O/c1-31-24-20(21(30-31)16-11-27-13-28-12-16)19(18(10-25)22(26)33-24)14-4-6-17(7-5-14)32-9-8-29-23(32)15-2-3-15/h4-9,11-13,15,19,21,30H,2-3,26H2,1H3. The molecule has 0 amide bonds. The van der Waals surface area contributed by atoms with E-state index < -0.39 is 0 Å². The number of hydrogen-bond acceptors (Lipinski definition) is 8. The highest BCUT2D eigenvalue weighted by Crippen LogP contribution is 2.48. The average Bonchev–Trinajstić information content (AvgIpc) is 3.49. The molecule has 1 aromatic carbocycles. The van der Waals surface area contributed by atoms with E-state index in [1.54, 1.807) is 17.4 Å². The van der Waals surface area contributed by atoms with Crippen LogP contribution in [0.2, 0.25) is 0 Å². The van der Waals surface area contributed by atoms with Gasteiger partial charge >= 0.3 is 0 Å². The van der Waals surface area contributed by atoms with Crippen molar-refractivity contribution in [1.29, 1.82) is 5.26 Å². The van der Waals surface area contributed by atoms with Gasteiger partial charge in [0.15, 0.2) is 0 Å². The topological polar surface area (TPSA) is 118 Å². The lowest BCUT2D eigenvalue weighted by molar-refractivity contribution is 0.153. The molecule has 9 heteroatoms. The number of nitrogens with one attached hydrogen (secondary N) is 1. The second kappa shape index (κ2) is 7.46. The van der Waals surface area contributed by atoms with Gasteiger partial charge in [0.25, 0.3) is 0 Å². The van der Waals surface area contributed by atoms with E-state index in [0.29, 0.717) is 17.4 Å². The fourth-order valence-corrected chi connectivity index (χ4v) is 4.70. The number of benzene rings is 1. The molecule has 3 N–H and O–H groups in total. The summed E-state index contributed by atoms with van der Waals surface area (Å²) >= 11 is 0. The Hall–Kier alpha value is -4.16. The summed E-state index contributed by atoms with van der Waals surface area (Å²) in [7, 11) is 1.86. The number of nitrogens with zero attached hydrogens (tertiary/aromatic N) is 6. The normalized spacial score (nSPS) is 22.2. The monoisotopic (exact) mass is 438 g/mol. The molecule has 9 nitrogen and oxygen atoms in total. The van der Waals surface area contributed by atoms with Gasteiger partial charge in [-0.05, 0) is 30.5 Å². The Kier molecular flexibility index (Phi) is 4.41. The molecule has 2 unspecified atom stereocenters. The second-order valence-electron chi connectivity index (χ2n) is 8.50. The predicted molar refractivity (Wildman–Crippen MR) is 119 cm³/mol. The summed E-state index contributed by atoms with van der Waals surface area (Å²) in [5.74, 6) is 2.01. The quantitative estimate of drug-likeness (QED) is 0.638. The Bertz CT molecular complexity index is 1310. The van der Waals surface area contributed by atoms with Gasteiger partial charge < -0.3 is 15.0 Å². The molecule has 1 saturated carbocycles. The van der Waals surface area contributed by atoms with E-state index in [1.165, 1.54) is 19.2 Å². The fourth-order valence-electron chi connectivity index (χ4n) is 4.70. The lowest BCUT2D eigenvalue weighted by Crippen LogP contribution is -2.30. The average molecular weight is 438 g/mol. The van der Waals surface area contributed by atoms with E-state index >= 15 is 0 Å². The highest BCUT2D eigenvalue weighted by molar-refractivity contribution is 5.53. The van der Waals surface area contributed by atoms with Crippen LogP contribution in [0, 0.1) is 11.3 Å². The maximum absolute atomic E-state index is 9.98. The van der Waals surface area contributed by atoms with Crippen molar-refractivity contribution in [3.63, 3.8) is 0 Å². The molecule has 4 heterocycles. The first-order valence-electron chi connectivity index (χ1n) is 10.9. The van der Waals surface area contributed by atoms with Crippen molar-refractivity contribution in [2.45, 2.75) is 30.7 Å². The number of allylic oxidation sites excluding steroid dienone is 1. The SMILES string of the molecule is CN1NC(c2cncnc2)C2=C1OC(N)=C(C#N)C2c1ccc(-n2ccnc2C2CC2)cc1. The zero-order chi connectivity index (χ0) is 22.5. The van der Waals surface area contributed by atoms with Gasteiger partial charge in [-0.1, -0.05) is 12.1 Å². The summed E-state index contributed by atoms with van der Waals surface area (Å²) in [6, 6.07) is 10.3. The Labute approximate surface area is 190 Å². The van der Waals surface area contributed by atoms with Crippen molar-refractivity contribution < 1.29 is 4.74 Å². The van der Waals surface area contributed by atoms with Crippen molar-refractivity contribution in [1.82, 2.24) is 30.0 Å². The third kappa shape index (κ3) is 3.15. The number of aromatic nitrogens is 4. The van der Waals surface area contributed by atoms with Crippen molar-refractivity contribution in [3.05, 3.63) is 95.2 Å². The summed E-state index contributed by atoms with van der Waals surface area (Å²) in [5.41, 5.74) is 13.8. The van der Waals surface area contributed by atoms with Crippen LogP contribution >= 0.6 is 0 Å². The number of imidazole rings is 1. The van der Waals surface area contributed by atoms with E-state index in [4.69, 9.17) is 10.5 Å². The predicted octanol–water partition coefficient (Wildman–Crippen LogP) is 2.75. The minimum Gasteiger partial charge on any atom is -0.423 e. The third-order valence-electron chi connectivity index (χ3n) is 6.41. The highest BCUT2D eigenvalue weighted by atomic mass is 16.5. The van der Waals surface area contributed by atoms with Gasteiger partial charge in [0.1, 0.15) is 23.8 Å². The second-order valence-corrected chi connectivity index (χ2v) is 8.50. The van der Waals surface area contributed by atoms with Gasteiger partial charge in [0, 0.05) is 54.6 Å². The number of nitrogens with two attached hydrogens (primary N) is 1. The van der Waals surface area contributed by atoms with Crippen LogP contribution in [0.3, 0.4) is 0 Å². The van der Waals surface area contributed by atoms with E-state index in [1.807, 2.05) is 31.6 Å². The van der Waals surface area contributed by atoms with E-state index in [-0.39, 0.29) is 17.8 Å². The zero-order valence-corrected chi connectivity index (χ0v) is 18.0. The molecule has 0 saturated heterocycles. The molecule has 1 aliphatic carbocycles. The van der Waals surface area contributed by atoms with Gasteiger partial charge in [0.05, 0.1) is 12.0 Å². The summed E-state index contributed by atoms with van der Waals surface area (Å²) in [4.78, 5) is 12.9. The van der Waals surface area contributed by atoms with Crippen LogP contribution in [-0.4, -0.2) is 31.6 Å². The summed E-state index contributed by atoms with van der Waals surface area (Å²) < 4.78 is 8.03. The molecular formula is C24H22N8O. The number of hydrazine groups is 1. The first-order chi connectivity index (χ1) is 16.2. The summed E-state index contributed by atoms with van der Waals surface area (Å²) in [6.07, 6.45) is 11.2. The number of nitriles is 1. The van der Waals surface area contributed by atoms with Crippen molar-refractivity contribution in [3.8, 4) is 11.8 Å². The van der Waals surface area contributed by atoms with Gasteiger partial charge in [-0.3, -0.25) is 5.01 Å². The molecule has 2 atom stereocenters. The molecule has 164 valence electrons. The smallest absolute Gasteiger partial charge is 0.214 e. The van der Waals surface area contributed by atoms with Crippen molar-refractivity contribution in [2.24, 2.45) is 5.73 Å². The molecule has 0 bridgehead atoms. The van der Waals surface area contributed by atoms with Crippen LogP contribution in [-0.2, 0) is 4.74 Å². The fraction of sp³-hybridized carbons (Fsp3) is 0.250. The van der Waals surface area contributed by atoms with E-state index in [2.05, 4.69) is 43.1 Å². The Morgan fingerprint density at radius 3 is 2.61 bits per heavy atom. The largest absolute Gasteiger partial charge is 0.423 e. The molecule has 0 spiro atoms. The lowest BCUT2D eigenvalue weighted by atomic mass is 9.80. The van der Waals surface area contributed by atoms with Gasteiger partial charge in [-0.2, -0.15) is 5.26 Å². The summed E-state index contributed by atoms with van der Waals surface area (Å²) in [5, 5.41) is 11.8. The number of rotatable bonds is 4. The van der Waals surface area contributed by atoms with Crippen molar-refractivity contribution in [2.75, 3.05) is 7.05 Å². The Morgan fingerprint density at radius 1 is 1.15 bits per heavy atom. The van der Waals surface area contributed by atoms with Gasteiger partial charge in [0.2, 0.25) is 11.8 Å². The van der Waals surface area contributed by atoms with Crippen LogP contribution in [0.25, 0.3) is 5.69 Å². The zero-order valence-electron chi connectivity index (χ0n) is 18.0. The van der Waals surface area contributed by atoms with Crippen LogP contribution in [0.1, 0.15) is 47.7 Å². The molecule has 2 aromatic heterocycles. The van der Waals surface area contributed by atoms with E-state index in [0.717, 1.165) is 28.2 Å². The minimum absolute atomic E-state index is 0.120. The highest BCUT2D eigenvalue weighted by Gasteiger charge is 2.43. The van der Waals surface area contributed by atoms with E-state index in [9.17, 15) is 5.26 Å². The lowest BCUT2D eigenvalue weighted by Gasteiger charge is -2.28. The molecule has 33 heavy (non-hydrogen) atoms. The first kappa shape index (κ1) is 19.5. The molecular weight excluding hydrogens is 416 g/mol. The number of ether oxygens (including phenoxy) is 1. The third-order valence-corrected chi connectivity index (χ3v) is 6.41. The Morgan fingerprint density at radius 2 is 1.91 bits per heavy atom. The van der Waals surface area contributed by atoms with Crippen LogP contribution < -0.4 is 11.2 Å². The van der Waals surface area contributed by atoms with Crippen LogP contribution in [0.5, 0.6) is 0 Å². The first-order valence-corrected chi connectivity index (χ1v) is 10.9. The molecule has 3 aliphatic rings. The minimum atomic E-state index is -0.360. The molecule has 1 fully saturated rings.